The number of hydrogen-bond acceptors (Lipinski definition) is 17. The highest BCUT2D eigenvalue weighted by atomic mass is 16.8. The normalized spacial score (nSPS) is 31.2. The molecule has 0 radical (unpaired) electrons. The summed E-state index contributed by atoms with van der Waals surface area (Å²) in [6, 6.07) is 32.1. The molecule has 0 saturated carbocycles. The average molecular weight is 887 g/mol. The number of carbonyl (C=O) groups excluding carboxylic acids is 4. The molecule has 3 aliphatic rings. The second-order valence-electron chi connectivity index (χ2n) is 15.3. The molecular formula is C47H50O17. The van der Waals surface area contributed by atoms with E-state index in [0.717, 1.165) is 0 Å². The zero-order valence-electron chi connectivity index (χ0n) is 35.7. The Labute approximate surface area is 369 Å². The van der Waals surface area contributed by atoms with Gasteiger partial charge in [0.05, 0.1) is 28.9 Å². The number of hydrogen-bond donors (Lipinski definition) is 1. The molecule has 3 saturated heterocycles. The first kappa shape index (κ1) is 46.4. The lowest BCUT2D eigenvalue weighted by Gasteiger charge is -2.56. The third kappa shape index (κ3) is 10.0. The summed E-state index contributed by atoms with van der Waals surface area (Å²) >= 11 is 0. The monoisotopic (exact) mass is 886 g/mol. The summed E-state index contributed by atoms with van der Waals surface area (Å²) in [5, 5.41) is 11.3. The third-order valence-corrected chi connectivity index (χ3v) is 11.3. The zero-order valence-corrected chi connectivity index (χ0v) is 35.7. The van der Waals surface area contributed by atoms with Gasteiger partial charge in [0.2, 0.25) is 11.6 Å². The first-order chi connectivity index (χ1) is 30.9. The number of methoxy groups -OCH3 is 3. The Bertz CT molecular complexity index is 2180. The number of ether oxygens (including phenoxy) is 12. The molecule has 64 heavy (non-hydrogen) atoms. The van der Waals surface area contributed by atoms with Crippen molar-refractivity contribution in [3.63, 3.8) is 0 Å². The number of rotatable bonds is 15. The van der Waals surface area contributed by atoms with Crippen molar-refractivity contribution in [3.8, 4) is 0 Å². The molecule has 0 aromatic heterocycles. The Balaban J connectivity index is 1.28. The summed E-state index contributed by atoms with van der Waals surface area (Å²) in [6.45, 7) is 2.18. The first-order valence-electron chi connectivity index (χ1n) is 20.5. The van der Waals surface area contributed by atoms with Gasteiger partial charge in [-0.15, -0.1) is 0 Å². The lowest BCUT2D eigenvalue weighted by Crippen LogP contribution is -2.73. The first-order valence-corrected chi connectivity index (χ1v) is 20.5. The van der Waals surface area contributed by atoms with Gasteiger partial charge >= 0.3 is 23.9 Å². The minimum atomic E-state index is -1.68. The molecule has 3 fully saturated rings. The van der Waals surface area contributed by atoms with Gasteiger partial charge in [-0.3, -0.25) is 0 Å². The molecule has 12 atom stereocenters. The Morgan fingerprint density at radius 1 is 0.516 bits per heavy atom. The number of fused-ring (bicyclic) bond motifs is 1. The SMILES string of the molecule is CO[C@H]1O[C@H](CO[C@H]2O[C@H](COC(=O)c3ccccc3)[C@@H](OC(=O)c3ccccc3)[C@H](OC(=O)c3ccccc3)[C@@H]2OC(=O)c2ccccc2)[C@H]2O[C@](C)(OC)[C@@](C)(OC)O[C@@H]2[C@@H]1O. The van der Waals surface area contributed by atoms with Gasteiger partial charge in [0.25, 0.3) is 0 Å². The van der Waals surface area contributed by atoms with Crippen LogP contribution in [0.1, 0.15) is 55.3 Å². The van der Waals surface area contributed by atoms with Crippen LogP contribution in [0.3, 0.4) is 0 Å². The quantitative estimate of drug-likeness (QED) is 0.129. The van der Waals surface area contributed by atoms with E-state index in [1.807, 2.05) is 0 Å². The van der Waals surface area contributed by atoms with Gasteiger partial charge in [-0.1, -0.05) is 72.8 Å². The summed E-state index contributed by atoms with van der Waals surface area (Å²) in [4.78, 5) is 55.3. The molecule has 3 aliphatic heterocycles. The molecule has 0 unspecified atom stereocenters. The fourth-order valence-corrected chi connectivity index (χ4v) is 7.55. The van der Waals surface area contributed by atoms with E-state index in [4.69, 9.17) is 56.8 Å². The van der Waals surface area contributed by atoms with Crippen molar-refractivity contribution in [2.24, 2.45) is 0 Å². The fourth-order valence-electron chi connectivity index (χ4n) is 7.55. The molecule has 1 N–H and O–H groups in total. The molecule has 0 bridgehead atoms. The molecule has 4 aromatic rings. The summed E-state index contributed by atoms with van der Waals surface area (Å²) in [5.41, 5.74) is 0.582. The van der Waals surface area contributed by atoms with Crippen LogP contribution >= 0.6 is 0 Å². The van der Waals surface area contributed by atoms with Gasteiger partial charge in [-0.25, -0.2) is 19.2 Å². The molecule has 3 heterocycles. The number of benzene rings is 4. The van der Waals surface area contributed by atoms with Gasteiger partial charge in [0.15, 0.2) is 30.9 Å². The van der Waals surface area contributed by atoms with E-state index in [1.165, 1.54) is 57.7 Å². The van der Waals surface area contributed by atoms with Crippen LogP contribution in [0.15, 0.2) is 121 Å². The Kier molecular flexibility index (Phi) is 14.9. The molecule has 0 spiro atoms. The highest BCUT2D eigenvalue weighted by Gasteiger charge is 2.63. The number of aliphatic hydroxyl groups is 1. The van der Waals surface area contributed by atoms with Gasteiger partial charge in [-0.2, -0.15) is 0 Å². The number of esters is 4. The number of aliphatic hydroxyl groups excluding tert-OH is 1. The van der Waals surface area contributed by atoms with Crippen molar-refractivity contribution in [1.82, 2.24) is 0 Å². The average Bonchev–Trinajstić information content (AvgIpc) is 3.33. The molecule has 0 aliphatic carbocycles. The van der Waals surface area contributed by atoms with E-state index in [1.54, 1.807) is 98.8 Å². The lowest BCUT2D eigenvalue weighted by molar-refractivity contribution is -0.480. The molecular weight excluding hydrogens is 836 g/mol. The van der Waals surface area contributed by atoms with E-state index in [-0.39, 0.29) is 22.3 Å². The fraction of sp³-hybridized carbons (Fsp3) is 0.404. The second kappa shape index (κ2) is 20.5. The topological polar surface area (TPSA) is 199 Å². The van der Waals surface area contributed by atoms with Crippen LogP contribution in [-0.2, 0) is 56.8 Å². The van der Waals surface area contributed by atoms with Crippen molar-refractivity contribution in [2.45, 2.75) is 86.8 Å². The molecule has 7 rings (SSSR count). The van der Waals surface area contributed by atoms with Crippen LogP contribution in [0.4, 0.5) is 0 Å². The molecule has 0 amide bonds. The van der Waals surface area contributed by atoms with E-state index < -0.39 is 110 Å². The van der Waals surface area contributed by atoms with Crippen LogP contribution in [0.2, 0.25) is 0 Å². The van der Waals surface area contributed by atoms with Gasteiger partial charge in [0.1, 0.15) is 37.1 Å². The standard InChI is InChI=1S/C47H50O17/c1-46(54-4)47(2,55-5)64-37-34(48)44(53-3)58-33(36(37)63-46)27-57-45-39(62-43(52)31-24-16-9-17-25-31)38(61-42(51)30-22-14-8-15-23-30)35(60-41(50)29-20-12-7-13-21-29)32(59-45)26-56-40(49)28-18-10-6-11-19-28/h6-25,32-39,44-45,48H,26-27H2,1-5H3/t32-,33-,34+,35-,36-,37-,38+,39+,44+,45+,46+,47+/m1/s1. The van der Waals surface area contributed by atoms with Crippen LogP contribution in [0.5, 0.6) is 0 Å². The van der Waals surface area contributed by atoms with Crippen molar-refractivity contribution in [3.05, 3.63) is 144 Å². The van der Waals surface area contributed by atoms with Crippen molar-refractivity contribution in [2.75, 3.05) is 34.5 Å². The Morgan fingerprint density at radius 2 is 0.922 bits per heavy atom. The predicted octanol–water partition coefficient (Wildman–Crippen LogP) is 4.50. The largest absolute Gasteiger partial charge is 0.459 e. The van der Waals surface area contributed by atoms with E-state index in [9.17, 15) is 24.3 Å². The Morgan fingerprint density at radius 3 is 1.38 bits per heavy atom. The molecule has 17 heteroatoms. The number of carbonyl (C=O) groups is 4. The van der Waals surface area contributed by atoms with Crippen molar-refractivity contribution < 1.29 is 81.1 Å². The second-order valence-corrected chi connectivity index (χ2v) is 15.3. The van der Waals surface area contributed by atoms with Crippen molar-refractivity contribution >= 4 is 23.9 Å². The van der Waals surface area contributed by atoms with Crippen LogP contribution < -0.4 is 0 Å². The third-order valence-electron chi connectivity index (χ3n) is 11.3. The van der Waals surface area contributed by atoms with Gasteiger partial charge in [0, 0.05) is 21.3 Å². The predicted molar refractivity (Wildman–Crippen MR) is 221 cm³/mol. The van der Waals surface area contributed by atoms with E-state index in [0.29, 0.717) is 0 Å². The molecule has 4 aromatic carbocycles. The minimum Gasteiger partial charge on any atom is -0.459 e. The van der Waals surface area contributed by atoms with Gasteiger partial charge in [-0.05, 0) is 62.4 Å². The summed E-state index contributed by atoms with van der Waals surface area (Å²) in [5.74, 6) is -6.40. The minimum absolute atomic E-state index is 0.115. The smallest absolute Gasteiger partial charge is 0.338 e. The maximum absolute atomic E-state index is 14.0. The zero-order chi connectivity index (χ0) is 45.4. The summed E-state index contributed by atoms with van der Waals surface area (Å²) < 4.78 is 73.0. The molecule has 17 nitrogen and oxygen atoms in total. The van der Waals surface area contributed by atoms with Crippen LogP contribution in [0, 0.1) is 0 Å². The van der Waals surface area contributed by atoms with E-state index in [2.05, 4.69) is 0 Å². The van der Waals surface area contributed by atoms with Crippen LogP contribution in [0.25, 0.3) is 0 Å². The maximum Gasteiger partial charge on any atom is 0.338 e. The Hall–Kier alpha value is -5.60. The van der Waals surface area contributed by atoms with Gasteiger partial charge < -0.3 is 61.9 Å². The summed E-state index contributed by atoms with van der Waals surface area (Å²) in [6.07, 6.45) is -14.0. The van der Waals surface area contributed by atoms with Crippen molar-refractivity contribution in [1.29, 1.82) is 0 Å². The molecule has 340 valence electrons. The maximum atomic E-state index is 14.0. The van der Waals surface area contributed by atoms with E-state index >= 15 is 0 Å². The lowest BCUT2D eigenvalue weighted by atomic mass is 9.94. The highest BCUT2D eigenvalue weighted by molar-refractivity contribution is 5.91. The summed E-state index contributed by atoms with van der Waals surface area (Å²) in [7, 11) is 4.13. The highest BCUT2D eigenvalue weighted by Crippen LogP contribution is 2.44. The van der Waals surface area contributed by atoms with Crippen LogP contribution in [-0.4, -0.2) is 137 Å².